The number of hydrogen-bond donors (Lipinski definition) is 1. The fourth-order valence-corrected chi connectivity index (χ4v) is 2.92. The average molecular weight is 270 g/mol. The molecule has 3 nitrogen and oxygen atoms in total. The van der Waals surface area contributed by atoms with E-state index in [2.05, 4.69) is 23.5 Å². The summed E-state index contributed by atoms with van der Waals surface area (Å²) in [6.07, 6.45) is 0. The van der Waals surface area contributed by atoms with Crippen LogP contribution < -0.4 is 0 Å². The van der Waals surface area contributed by atoms with E-state index in [1.54, 1.807) is 11.3 Å². The highest BCUT2D eigenvalue weighted by atomic mass is 32.1. The zero-order valence-corrected chi connectivity index (χ0v) is 11.4. The molecule has 0 saturated heterocycles. The summed E-state index contributed by atoms with van der Waals surface area (Å²) in [5, 5.41) is 15.9. The standard InChI is InChI=1S/C15H14N2OS/c1-11-7-15(19-10-11)14-8-12(9-18)16-17(14)13-5-3-2-4-6-13/h2-8,10,18H,9H2,1H3. The van der Waals surface area contributed by atoms with Crippen molar-refractivity contribution in [2.24, 2.45) is 0 Å². The normalized spacial score (nSPS) is 10.8. The number of aliphatic hydroxyl groups is 1. The van der Waals surface area contributed by atoms with Gasteiger partial charge in [0.15, 0.2) is 0 Å². The summed E-state index contributed by atoms with van der Waals surface area (Å²) in [4.78, 5) is 1.16. The second kappa shape index (κ2) is 4.99. The largest absolute Gasteiger partial charge is 0.390 e. The van der Waals surface area contributed by atoms with Gasteiger partial charge in [-0.3, -0.25) is 0 Å². The van der Waals surface area contributed by atoms with Crippen LogP contribution in [0.25, 0.3) is 16.3 Å². The lowest BCUT2D eigenvalue weighted by Gasteiger charge is -2.05. The molecule has 1 aromatic carbocycles. The van der Waals surface area contributed by atoms with E-state index < -0.39 is 0 Å². The molecule has 0 radical (unpaired) electrons. The Labute approximate surface area is 115 Å². The van der Waals surface area contributed by atoms with Crippen molar-refractivity contribution in [1.82, 2.24) is 9.78 Å². The van der Waals surface area contributed by atoms with Crippen LogP contribution in [0, 0.1) is 6.92 Å². The molecular formula is C15H14N2OS. The fourth-order valence-electron chi connectivity index (χ4n) is 2.01. The molecule has 3 aromatic rings. The molecule has 0 bridgehead atoms. The number of aryl methyl sites for hydroxylation is 1. The maximum Gasteiger partial charge on any atom is 0.0890 e. The van der Waals surface area contributed by atoms with E-state index in [0.29, 0.717) is 5.69 Å². The molecule has 3 rings (SSSR count). The van der Waals surface area contributed by atoms with Gasteiger partial charge in [-0.05, 0) is 42.1 Å². The van der Waals surface area contributed by atoms with Crippen molar-refractivity contribution < 1.29 is 5.11 Å². The van der Waals surface area contributed by atoms with E-state index in [1.807, 2.05) is 41.1 Å². The van der Waals surface area contributed by atoms with Gasteiger partial charge in [0.05, 0.1) is 28.6 Å². The molecular weight excluding hydrogens is 256 g/mol. The van der Waals surface area contributed by atoms with E-state index in [-0.39, 0.29) is 6.61 Å². The highest BCUT2D eigenvalue weighted by molar-refractivity contribution is 7.13. The van der Waals surface area contributed by atoms with Gasteiger partial charge in [0.25, 0.3) is 0 Å². The van der Waals surface area contributed by atoms with E-state index in [1.165, 1.54) is 5.56 Å². The Kier molecular flexibility index (Phi) is 3.19. The van der Waals surface area contributed by atoms with Crippen LogP contribution in [-0.4, -0.2) is 14.9 Å². The van der Waals surface area contributed by atoms with Gasteiger partial charge in [0.1, 0.15) is 0 Å². The number of nitrogens with zero attached hydrogens (tertiary/aromatic N) is 2. The van der Waals surface area contributed by atoms with Crippen molar-refractivity contribution in [3.63, 3.8) is 0 Å². The predicted octanol–water partition coefficient (Wildman–Crippen LogP) is 3.40. The fraction of sp³-hybridized carbons (Fsp3) is 0.133. The zero-order valence-electron chi connectivity index (χ0n) is 10.6. The summed E-state index contributed by atoms with van der Waals surface area (Å²) in [5.41, 5.74) is 3.95. The van der Waals surface area contributed by atoms with E-state index >= 15 is 0 Å². The van der Waals surface area contributed by atoms with Crippen LogP contribution in [-0.2, 0) is 6.61 Å². The number of rotatable bonds is 3. The van der Waals surface area contributed by atoms with Crippen molar-refractivity contribution >= 4 is 11.3 Å². The van der Waals surface area contributed by atoms with Crippen molar-refractivity contribution in [2.75, 3.05) is 0 Å². The lowest BCUT2D eigenvalue weighted by Crippen LogP contribution is -1.98. The Morgan fingerprint density at radius 1 is 1.21 bits per heavy atom. The molecule has 2 heterocycles. The first-order valence-corrected chi connectivity index (χ1v) is 6.96. The molecule has 0 aliphatic rings. The highest BCUT2D eigenvalue weighted by Crippen LogP contribution is 2.29. The quantitative estimate of drug-likeness (QED) is 0.792. The van der Waals surface area contributed by atoms with Gasteiger partial charge in [-0.15, -0.1) is 11.3 Å². The van der Waals surface area contributed by atoms with Gasteiger partial charge >= 0.3 is 0 Å². The topological polar surface area (TPSA) is 38.1 Å². The Morgan fingerprint density at radius 3 is 2.63 bits per heavy atom. The monoisotopic (exact) mass is 270 g/mol. The Bertz CT molecular complexity index is 685. The molecule has 96 valence electrons. The van der Waals surface area contributed by atoms with Crippen LogP contribution >= 0.6 is 11.3 Å². The molecule has 0 fully saturated rings. The summed E-state index contributed by atoms with van der Waals surface area (Å²) in [6, 6.07) is 14.1. The highest BCUT2D eigenvalue weighted by Gasteiger charge is 2.12. The number of aliphatic hydroxyl groups excluding tert-OH is 1. The number of hydrogen-bond acceptors (Lipinski definition) is 3. The lowest BCUT2D eigenvalue weighted by molar-refractivity contribution is 0.276. The summed E-state index contributed by atoms with van der Waals surface area (Å²) in [5.74, 6) is 0. The van der Waals surface area contributed by atoms with Gasteiger partial charge in [-0.1, -0.05) is 18.2 Å². The Morgan fingerprint density at radius 2 is 2.00 bits per heavy atom. The summed E-state index contributed by atoms with van der Waals surface area (Å²) < 4.78 is 1.89. The third-order valence-electron chi connectivity index (χ3n) is 2.91. The maximum absolute atomic E-state index is 9.30. The van der Waals surface area contributed by atoms with E-state index in [4.69, 9.17) is 0 Å². The molecule has 19 heavy (non-hydrogen) atoms. The van der Waals surface area contributed by atoms with Gasteiger partial charge in [0, 0.05) is 0 Å². The predicted molar refractivity (Wildman–Crippen MR) is 77.5 cm³/mol. The van der Waals surface area contributed by atoms with E-state index in [0.717, 1.165) is 16.3 Å². The van der Waals surface area contributed by atoms with Crippen molar-refractivity contribution in [3.8, 4) is 16.3 Å². The molecule has 0 aliphatic heterocycles. The second-order valence-electron chi connectivity index (χ2n) is 4.41. The van der Waals surface area contributed by atoms with Crippen LogP contribution in [0.1, 0.15) is 11.3 Å². The van der Waals surface area contributed by atoms with E-state index in [9.17, 15) is 5.11 Å². The van der Waals surface area contributed by atoms with Gasteiger partial charge in [0.2, 0.25) is 0 Å². The van der Waals surface area contributed by atoms with Crippen LogP contribution in [0.5, 0.6) is 0 Å². The summed E-state index contributed by atoms with van der Waals surface area (Å²) in [6.45, 7) is 2.04. The van der Waals surface area contributed by atoms with Crippen LogP contribution in [0.2, 0.25) is 0 Å². The van der Waals surface area contributed by atoms with Gasteiger partial charge in [-0.2, -0.15) is 5.10 Å². The Hall–Kier alpha value is -1.91. The molecule has 0 spiro atoms. The first-order valence-electron chi connectivity index (χ1n) is 6.08. The van der Waals surface area contributed by atoms with Crippen LogP contribution in [0.4, 0.5) is 0 Å². The first-order chi connectivity index (χ1) is 9.28. The number of aromatic nitrogens is 2. The molecule has 4 heteroatoms. The number of benzene rings is 1. The van der Waals surface area contributed by atoms with Crippen LogP contribution in [0.3, 0.4) is 0 Å². The summed E-state index contributed by atoms with van der Waals surface area (Å²) >= 11 is 1.69. The molecule has 0 amide bonds. The molecule has 0 atom stereocenters. The number of para-hydroxylation sites is 1. The molecule has 0 aliphatic carbocycles. The molecule has 0 unspecified atom stereocenters. The van der Waals surface area contributed by atoms with Crippen molar-refractivity contribution in [1.29, 1.82) is 0 Å². The maximum atomic E-state index is 9.30. The van der Waals surface area contributed by atoms with Crippen molar-refractivity contribution in [2.45, 2.75) is 13.5 Å². The molecule has 2 aromatic heterocycles. The van der Waals surface area contributed by atoms with Crippen molar-refractivity contribution in [3.05, 3.63) is 59.1 Å². The van der Waals surface area contributed by atoms with Gasteiger partial charge in [-0.25, -0.2) is 4.68 Å². The average Bonchev–Trinajstić information content (AvgIpc) is 3.05. The second-order valence-corrected chi connectivity index (χ2v) is 5.33. The molecule has 0 saturated carbocycles. The van der Waals surface area contributed by atoms with Crippen LogP contribution in [0.15, 0.2) is 47.8 Å². The SMILES string of the molecule is Cc1csc(-c2cc(CO)nn2-c2ccccc2)c1. The third-order valence-corrected chi connectivity index (χ3v) is 3.98. The van der Waals surface area contributed by atoms with Gasteiger partial charge < -0.3 is 5.11 Å². The molecule has 1 N–H and O–H groups in total. The number of thiophene rings is 1. The smallest absolute Gasteiger partial charge is 0.0890 e. The summed E-state index contributed by atoms with van der Waals surface area (Å²) in [7, 11) is 0. The Balaban J connectivity index is 2.16. The minimum atomic E-state index is -0.0445. The zero-order chi connectivity index (χ0) is 13.2. The minimum Gasteiger partial charge on any atom is -0.390 e. The minimum absolute atomic E-state index is 0.0445. The third kappa shape index (κ3) is 2.32. The lowest BCUT2D eigenvalue weighted by atomic mass is 10.2. The first kappa shape index (κ1) is 12.1.